The number of carboxylic acids is 1. The van der Waals surface area contributed by atoms with Gasteiger partial charge in [0.2, 0.25) is 0 Å². The SMILES string of the molecule is Cl.O=C(O)CCN1CCOC(c2ccc(Oc3cc(F)cc(C(F)(F)F)c3)cc2)C1. The minimum atomic E-state index is -4.67. The summed E-state index contributed by atoms with van der Waals surface area (Å²) in [7, 11) is 0. The Kier molecular flexibility index (Phi) is 8.05. The van der Waals surface area contributed by atoms with E-state index in [1.807, 2.05) is 4.90 Å². The van der Waals surface area contributed by atoms with Gasteiger partial charge in [-0.15, -0.1) is 12.4 Å². The first-order valence-electron chi connectivity index (χ1n) is 8.92. The highest BCUT2D eigenvalue weighted by atomic mass is 35.5. The predicted molar refractivity (Wildman–Crippen MR) is 103 cm³/mol. The van der Waals surface area contributed by atoms with Crippen LogP contribution in [-0.2, 0) is 15.7 Å². The molecule has 1 fully saturated rings. The van der Waals surface area contributed by atoms with Crippen LogP contribution >= 0.6 is 12.4 Å². The van der Waals surface area contributed by atoms with Gasteiger partial charge in [0.15, 0.2) is 0 Å². The zero-order valence-electron chi connectivity index (χ0n) is 15.7. The number of hydrogen-bond donors (Lipinski definition) is 1. The van der Waals surface area contributed by atoms with Crippen molar-refractivity contribution in [2.24, 2.45) is 0 Å². The molecule has 10 heteroatoms. The van der Waals surface area contributed by atoms with Crippen molar-refractivity contribution in [1.82, 2.24) is 4.90 Å². The maximum atomic E-state index is 13.5. The van der Waals surface area contributed by atoms with E-state index in [0.717, 1.165) is 17.7 Å². The molecule has 2 aromatic carbocycles. The molecule has 30 heavy (non-hydrogen) atoms. The van der Waals surface area contributed by atoms with Crippen LogP contribution in [0.5, 0.6) is 11.5 Å². The van der Waals surface area contributed by atoms with Crippen molar-refractivity contribution >= 4 is 18.4 Å². The van der Waals surface area contributed by atoms with E-state index in [9.17, 15) is 22.4 Å². The first-order valence-corrected chi connectivity index (χ1v) is 8.92. The molecule has 1 atom stereocenters. The lowest BCUT2D eigenvalue weighted by Crippen LogP contribution is -2.39. The lowest BCUT2D eigenvalue weighted by Gasteiger charge is -2.32. The van der Waals surface area contributed by atoms with Crippen LogP contribution in [0.4, 0.5) is 17.6 Å². The fourth-order valence-corrected chi connectivity index (χ4v) is 3.03. The van der Waals surface area contributed by atoms with E-state index >= 15 is 0 Å². The second-order valence-electron chi connectivity index (χ2n) is 6.65. The molecule has 1 N–H and O–H groups in total. The minimum Gasteiger partial charge on any atom is -0.481 e. The van der Waals surface area contributed by atoms with Crippen molar-refractivity contribution in [3.8, 4) is 11.5 Å². The normalized spacial score (nSPS) is 17.3. The number of benzene rings is 2. The smallest absolute Gasteiger partial charge is 0.416 e. The van der Waals surface area contributed by atoms with Gasteiger partial charge in [-0.3, -0.25) is 9.69 Å². The minimum absolute atomic E-state index is 0. The monoisotopic (exact) mass is 449 g/mol. The molecule has 1 saturated heterocycles. The summed E-state index contributed by atoms with van der Waals surface area (Å²) in [6, 6.07) is 8.58. The summed E-state index contributed by atoms with van der Waals surface area (Å²) < 4.78 is 63.0. The molecule has 0 aliphatic carbocycles. The summed E-state index contributed by atoms with van der Waals surface area (Å²) in [5, 5.41) is 8.80. The maximum absolute atomic E-state index is 13.5. The topological polar surface area (TPSA) is 59.0 Å². The van der Waals surface area contributed by atoms with Crippen LogP contribution in [0.3, 0.4) is 0 Å². The number of carboxylic acid groups (broad SMARTS) is 1. The summed E-state index contributed by atoms with van der Waals surface area (Å²) >= 11 is 0. The standard InChI is InChI=1S/C20H19F4NO4.ClH/c21-15-9-14(20(22,23)24)10-17(11-15)29-16-3-1-13(2-4-16)18-12-25(7-8-28-18)6-5-19(26)27;/h1-4,9-11,18H,5-8,12H2,(H,26,27);1H. The quantitative estimate of drug-likeness (QED) is 0.635. The number of ether oxygens (including phenoxy) is 2. The lowest BCUT2D eigenvalue weighted by atomic mass is 10.1. The molecule has 0 spiro atoms. The number of hydrogen-bond acceptors (Lipinski definition) is 4. The largest absolute Gasteiger partial charge is 0.481 e. The Labute approximate surface area is 176 Å². The molecule has 1 aliphatic rings. The maximum Gasteiger partial charge on any atom is 0.416 e. The summed E-state index contributed by atoms with van der Waals surface area (Å²) in [6.45, 7) is 2.07. The molecule has 0 radical (unpaired) electrons. The van der Waals surface area contributed by atoms with Crippen LogP contribution in [0.25, 0.3) is 0 Å². The van der Waals surface area contributed by atoms with Crippen LogP contribution in [0.15, 0.2) is 42.5 Å². The van der Waals surface area contributed by atoms with Gasteiger partial charge >= 0.3 is 12.1 Å². The number of aliphatic carboxylic acids is 1. The van der Waals surface area contributed by atoms with Crippen molar-refractivity contribution in [2.45, 2.75) is 18.7 Å². The molecule has 0 saturated carbocycles. The zero-order valence-corrected chi connectivity index (χ0v) is 16.5. The Bertz CT molecular complexity index is 861. The molecule has 1 unspecified atom stereocenters. The summed E-state index contributed by atoms with van der Waals surface area (Å²) in [6.07, 6.45) is -4.88. The van der Waals surface area contributed by atoms with Crippen LogP contribution in [-0.4, -0.2) is 42.2 Å². The lowest BCUT2D eigenvalue weighted by molar-refractivity contribution is -0.138. The van der Waals surface area contributed by atoms with Gasteiger partial charge in [0, 0.05) is 25.7 Å². The Balaban J connectivity index is 0.00000320. The van der Waals surface area contributed by atoms with Gasteiger partial charge in [-0.25, -0.2) is 4.39 Å². The summed E-state index contributed by atoms with van der Waals surface area (Å²) in [4.78, 5) is 12.7. The van der Waals surface area contributed by atoms with Gasteiger partial charge in [-0.2, -0.15) is 13.2 Å². The number of rotatable bonds is 6. The third-order valence-corrected chi connectivity index (χ3v) is 4.48. The Morgan fingerprint density at radius 2 is 1.87 bits per heavy atom. The van der Waals surface area contributed by atoms with Crippen molar-refractivity contribution in [3.05, 3.63) is 59.4 Å². The van der Waals surface area contributed by atoms with Gasteiger partial charge in [-0.1, -0.05) is 12.1 Å². The zero-order chi connectivity index (χ0) is 21.0. The highest BCUT2D eigenvalue weighted by Crippen LogP contribution is 2.34. The van der Waals surface area contributed by atoms with Crippen LogP contribution in [0, 0.1) is 5.82 Å². The second-order valence-corrected chi connectivity index (χ2v) is 6.65. The molecule has 2 aromatic rings. The molecular formula is C20H20ClF4NO4. The molecule has 5 nitrogen and oxygen atoms in total. The third-order valence-electron chi connectivity index (χ3n) is 4.48. The van der Waals surface area contributed by atoms with Gasteiger partial charge in [-0.05, 0) is 29.8 Å². The van der Waals surface area contributed by atoms with E-state index in [-0.39, 0.29) is 36.4 Å². The molecule has 1 heterocycles. The predicted octanol–water partition coefficient (Wildman–Crippen LogP) is 4.91. The number of nitrogens with zero attached hydrogens (tertiary/aromatic N) is 1. The molecule has 164 valence electrons. The number of halogens is 5. The fraction of sp³-hybridized carbons (Fsp3) is 0.350. The Morgan fingerprint density at radius 3 is 2.50 bits per heavy atom. The number of alkyl halides is 3. The van der Waals surface area contributed by atoms with E-state index < -0.39 is 23.5 Å². The van der Waals surface area contributed by atoms with E-state index in [1.165, 1.54) is 0 Å². The Hall–Kier alpha value is -2.36. The van der Waals surface area contributed by atoms with Crippen LogP contribution in [0.1, 0.15) is 23.7 Å². The van der Waals surface area contributed by atoms with Crippen molar-refractivity contribution in [2.75, 3.05) is 26.2 Å². The molecule has 0 aromatic heterocycles. The van der Waals surface area contributed by atoms with Gasteiger partial charge in [0.1, 0.15) is 17.3 Å². The first-order chi connectivity index (χ1) is 13.7. The van der Waals surface area contributed by atoms with Crippen LogP contribution in [0.2, 0.25) is 0 Å². The number of carbonyl (C=O) groups is 1. The molecule has 1 aliphatic heterocycles. The highest BCUT2D eigenvalue weighted by Gasteiger charge is 2.31. The average molecular weight is 450 g/mol. The van der Waals surface area contributed by atoms with E-state index in [1.54, 1.807) is 24.3 Å². The van der Waals surface area contributed by atoms with Gasteiger partial charge in [0.05, 0.1) is 24.7 Å². The second kappa shape index (κ2) is 10.1. The summed E-state index contributed by atoms with van der Waals surface area (Å²) in [5.41, 5.74) is -0.297. The van der Waals surface area contributed by atoms with Crippen molar-refractivity contribution < 1.29 is 36.9 Å². The number of morpholine rings is 1. The third kappa shape index (κ3) is 6.58. The van der Waals surface area contributed by atoms with Gasteiger partial charge in [0.25, 0.3) is 0 Å². The molecule has 0 bridgehead atoms. The van der Waals surface area contributed by atoms with Gasteiger partial charge < -0.3 is 14.6 Å². The van der Waals surface area contributed by atoms with Crippen LogP contribution < -0.4 is 4.74 Å². The van der Waals surface area contributed by atoms with Crippen molar-refractivity contribution in [3.63, 3.8) is 0 Å². The molecule has 0 amide bonds. The van der Waals surface area contributed by atoms with E-state index in [0.29, 0.717) is 32.3 Å². The fourth-order valence-electron chi connectivity index (χ4n) is 3.03. The molecular weight excluding hydrogens is 430 g/mol. The van der Waals surface area contributed by atoms with Crippen molar-refractivity contribution in [1.29, 1.82) is 0 Å². The van der Waals surface area contributed by atoms with E-state index in [4.69, 9.17) is 14.6 Å². The van der Waals surface area contributed by atoms with E-state index in [2.05, 4.69) is 0 Å². The summed E-state index contributed by atoms with van der Waals surface area (Å²) in [5.74, 6) is -1.89. The first kappa shape index (κ1) is 23.9. The molecule has 3 rings (SSSR count). The highest BCUT2D eigenvalue weighted by molar-refractivity contribution is 5.85. The Morgan fingerprint density at radius 1 is 1.17 bits per heavy atom. The average Bonchev–Trinajstić information content (AvgIpc) is 2.66.